The maximum absolute atomic E-state index is 6.27. The van der Waals surface area contributed by atoms with Crippen molar-refractivity contribution in [2.24, 2.45) is 0 Å². The Morgan fingerprint density at radius 1 is 1.21 bits per heavy atom. The molecular formula is C15H17Cl2NS. The lowest BCUT2D eigenvalue weighted by molar-refractivity contribution is 0.556. The Balaban J connectivity index is 2.29. The van der Waals surface area contributed by atoms with Gasteiger partial charge in [-0.25, -0.2) is 0 Å². The number of hydrogen-bond acceptors (Lipinski definition) is 2. The molecule has 1 aromatic carbocycles. The van der Waals surface area contributed by atoms with Gasteiger partial charge in [-0.15, -0.1) is 11.3 Å². The number of thiophene rings is 1. The molecule has 1 heterocycles. The lowest BCUT2D eigenvalue weighted by atomic mass is 10.0. The van der Waals surface area contributed by atoms with Crippen molar-refractivity contribution >= 4 is 34.5 Å². The highest BCUT2D eigenvalue weighted by molar-refractivity contribution is 7.10. The molecule has 0 radical (unpaired) electrons. The standard InChI is InChI=1S/C15H17Cl2NS/c1-3-18-14(15-10(2)7-8-19-15)9-11-12(16)5-4-6-13(11)17/h4-8,14,18H,3,9H2,1-2H3. The van der Waals surface area contributed by atoms with Crippen LogP contribution in [0.2, 0.25) is 10.0 Å². The fourth-order valence-corrected chi connectivity index (χ4v) is 3.73. The minimum atomic E-state index is 0.266. The fraction of sp³-hybridized carbons (Fsp3) is 0.333. The van der Waals surface area contributed by atoms with Crippen LogP contribution in [0.4, 0.5) is 0 Å². The van der Waals surface area contributed by atoms with E-state index in [2.05, 4.69) is 30.6 Å². The molecule has 2 aromatic rings. The molecule has 4 heteroatoms. The molecule has 0 spiro atoms. The van der Waals surface area contributed by atoms with Crippen LogP contribution in [-0.4, -0.2) is 6.54 Å². The number of likely N-dealkylation sites (N-methyl/N-ethyl adjacent to an activating group) is 1. The molecule has 0 amide bonds. The SMILES string of the molecule is CCNC(Cc1c(Cl)cccc1Cl)c1sccc1C. The van der Waals surface area contributed by atoms with Gasteiger partial charge in [-0.2, -0.15) is 0 Å². The molecule has 102 valence electrons. The molecule has 0 aliphatic carbocycles. The summed E-state index contributed by atoms with van der Waals surface area (Å²) in [5, 5.41) is 7.13. The highest BCUT2D eigenvalue weighted by atomic mass is 35.5. The van der Waals surface area contributed by atoms with Crippen molar-refractivity contribution in [3.63, 3.8) is 0 Å². The van der Waals surface area contributed by atoms with Crippen LogP contribution in [0.3, 0.4) is 0 Å². The highest BCUT2D eigenvalue weighted by Crippen LogP contribution is 2.32. The van der Waals surface area contributed by atoms with Gasteiger partial charge in [-0.1, -0.05) is 36.2 Å². The van der Waals surface area contributed by atoms with E-state index in [1.165, 1.54) is 10.4 Å². The summed E-state index contributed by atoms with van der Waals surface area (Å²) in [5.74, 6) is 0. The van der Waals surface area contributed by atoms with Crippen molar-refractivity contribution < 1.29 is 0 Å². The van der Waals surface area contributed by atoms with Gasteiger partial charge in [0.1, 0.15) is 0 Å². The second kappa shape index (κ2) is 6.76. The molecule has 1 unspecified atom stereocenters. The smallest absolute Gasteiger partial charge is 0.0459 e. The molecule has 0 saturated heterocycles. The summed E-state index contributed by atoms with van der Waals surface area (Å²) in [5.41, 5.74) is 2.34. The third-order valence-electron chi connectivity index (χ3n) is 3.14. The van der Waals surface area contributed by atoms with E-state index in [4.69, 9.17) is 23.2 Å². The second-order valence-corrected chi connectivity index (χ2v) is 6.24. The van der Waals surface area contributed by atoms with Crippen LogP contribution in [0, 0.1) is 6.92 Å². The molecule has 0 saturated carbocycles. The first-order chi connectivity index (χ1) is 9.13. The molecule has 1 nitrogen and oxygen atoms in total. The van der Waals surface area contributed by atoms with Gasteiger partial charge in [0.05, 0.1) is 0 Å². The van der Waals surface area contributed by atoms with Gasteiger partial charge in [-0.05, 0) is 54.6 Å². The first kappa shape index (κ1) is 14.9. The maximum Gasteiger partial charge on any atom is 0.0459 e. The number of halogens is 2. The first-order valence-electron chi connectivity index (χ1n) is 6.33. The second-order valence-electron chi connectivity index (χ2n) is 4.48. The van der Waals surface area contributed by atoms with Crippen LogP contribution in [0.1, 0.15) is 29.0 Å². The van der Waals surface area contributed by atoms with Crippen molar-refractivity contribution in [1.82, 2.24) is 5.32 Å². The first-order valence-corrected chi connectivity index (χ1v) is 7.97. The molecule has 1 atom stereocenters. The lowest BCUT2D eigenvalue weighted by Crippen LogP contribution is -2.23. The van der Waals surface area contributed by atoms with Crippen LogP contribution in [0.5, 0.6) is 0 Å². The quantitative estimate of drug-likeness (QED) is 0.794. The summed E-state index contributed by atoms with van der Waals surface area (Å²) in [6, 6.07) is 8.09. The van der Waals surface area contributed by atoms with Crippen LogP contribution in [0.25, 0.3) is 0 Å². The van der Waals surface area contributed by atoms with E-state index < -0.39 is 0 Å². The van der Waals surface area contributed by atoms with E-state index in [1.807, 2.05) is 18.2 Å². The third-order valence-corrected chi connectivity index (χ3v) is 4.98. The topological polar surface area (TPSA) is 12.0 Å². The zero-order valence-corrected chi connectivity index (χ0v) is 13.4. The van der Waals surface area contributed by atoms with E-state index in [9.17, 15) is 0 Å². The Kier molecular flexibility index (Phi) is 5.28. The Morgan fingerprint density at radius 3 is 2.42 bits per heavy atom. The van der Waals surface area contributed by atoms with Crippen LogP contribution in [0.15, 0.2) is 29.6 Å². The van der Waals surface area contributed by atoms with Crippen molar-refractivity contribution in [3.8, 4) is 0 Å². The molecule has 0 bridgehead atoms. The summed E-state index contributed by atoms with van der Waals surface area (Å²) >= 11 is 14.3. The minimum absolute atomic E-state index is 0.266. The fourth-order valence-electron chi connectivity index (χ4n) is 2.18. The molecular weight excluding hydrogens is 297 g/mol. The maximum atomic E-state index is 6.27. The number of nitrogens with one attached hydrogen (secondary N) is 1. The summed E-state index contributed by atoms with van der Waals surface area (Å²) in [6.45, 7) is 5.18. The largest absolute Gasteiger partial charge is 0.309 e. The molecule has 0 aliphatic rings. The predicted octanol–water partition coefficient (Wildman–Crippen LogP) is 5.26. The van der Waals surface area contributed by atoms with Gasteiger partial charge >= 0.3 is 0 Å². The van der Waals surface area contributed by atoms with Gasteiger partial charge in [0, 0.05) is 21.0 Å². The number of hydrogen-bond donors (Lipinski definition) is 1. The van der Waals surface area contributed by atoms with Crippen molar-refractivity contribution in [1.29, 1.82) is 0 Å². The molecule has 2 rings (SSSR count). The minimum Gasteiger partial charge on any atom is -0.309 e. The summed E-state index contributed by atoms with van der Waals surface area (Å²) in [6.07, 6.45) is 0.813. The van der Waals surface area contributed by atoms with E-state index in [0.717, 1.165) is 28.6 Å². The summed E-state index contributed by atoms with van der Waals surface area (Å²) in [4.78, 5) is 1.36. The third kappa shape index (κ3) is 3.51. The van der Waals surface area contributed by atoms with Gasteiger partial charge in [0.25, 0.3) is 0 Å². The normalized spacial score (nSPS) is 12.6. The molecule has 1 aromatic heterocycles. The Labute approximate surface area is 128 Å². The number of rotatable bonds is 5. The van der Waals surface area contributed by atoms with Crippen molar-refractivity contribution in [3.05, 3.63) is 55.7 Å². The highest BCUT2D eigenvalue weighted by Gasteiger charge is 2.17. The van der Waals surface area contributed by atoms with Gasteiger partial charge in [-0.3, -0.25) is 0 Å². The van der Waals surface area contributed by atoms with Gasteiger partial charge < -0.3 is 5.32 Å². The number of aryl methyl sites for hydroxylation is 1. The van der Waals surface area contributed by atoms with E-state index >= 15 is 0 Å². The van der Waals surface area contributed by atoms with Crippen LogP contribution < -0.4 is 5.32 Å². The van der Waals surface area contributed by atoms with Crippen LogP contribution >= 0.6 is 34.5 Å². The van der Waals surface area contributed by atoms with E-state index in [0.29, 0.717) is 0 Å². The molecule has 0 aliphatic heterocycles. The number of benzene rings is 1. The van der Waals surface area contributed by atoms with E-state index in [-0.39, 0.29) is 6.04 Å². The van der Waals surface area contributed by atoms with Gasteiger partial charge in [0.15, 0.2) is 0 Å². The zero-order chi connectivity index (χ0) is 13.8. The van der Waals surface area contributed by atoms with Crippen LogP contribution in [-0.2, 0) is 6.42 Å². The predicted molar refractivity (Wildman–Crippen MR) is 85.6 cm³/mol. The lowest BCUT2D eigenvalue weighted by Gasteiger charge is -2.19. The average molecular weight is 314 g/mol. The zero-order valence-electron chi connectivity index (χ0n) is 11.0. The van der Waals surface area contributed by atoms with Crippen molar-refractivity contribution in [2.45, 2.75) is 26.3 Å². The average Bonchev–Trinajstić information content (AvgIpc) is 2.79. The monoisotopic (exact) mass is 313 g/mol. The van der Waals surface area contributed by atoms with Crippen molar-refractivity contribution in [2.75, 3.05) is 6.54 Å². The summed E-state index contributed by atoms with van der Waals surface area (Å²) < 4.78 is 0. The van der Waals surface area contributed by atoms with E-state index in [1.54, 1.807) is 11.3 Å². The Hall–Kier alpha value is -0.540. The molecule has 1 N–H and O–H groups in total. The molecule has 0 fully saturated rings. The summed E-state index contributed by atoms with van der Waals surface area (Å²) in [7, 11) is 0. The Morgan fingerprint density at radius 2 is 1.89 bits per heavy atom. The molecule has 19 heavy (non-hydrogen) atoms. The van der Waals surface area contributed by atoms with Gasteiger partial charge in [0.2, 0.25) is 0 Å². The Bertz CT molecular complexity index is 531.